The van der Waals surface area contributed by atoms with Gasteiger partial charge >= 0.3 is 5.97 Å². The predicted molar refractivity (Wildman–Crippen MR) is 105 cm³/mol. The van der Waals surface area contributed by atoms with Crippen LogP contribution < -0.4 is 0 Å². The second-order valence-corrected chi connectivity index (χ2v) is 5.67. The van der Waals surface area contributed by atoms with Crippen LogP contribution in [0.3, 0.4) is 0 Å². The molecule has 0 aromatic rings. The molecule has 0 aliphatic carbocycles. The molecule has 0 aliphatic heterocycles. The van der Waals surface area contributed by atoms with Crippen LogP contribution in [0.15, 0.2) is 60.8 Å². The molecular formula is C22H34O2. The molecule has 0 bridgehead atoms. The van der Waals surface area contributed by atoms with Gasteiger partial charge in [-0.15, -0.1) is 0 Å². The molecule has 134 valence electrons. The third-order valence-electron chi connectivity index (χ3n) is 3.37. The van der Waals surface area contributed by atoms with Gasteiger partial charge in [-0.2, -0.15) is 0 Å². The topological polar surface area (TPSA) is 37.3 Å². The Morgan fingerprint density at radius 3 is 1.42 bits per heavy atom. The van der Waals surface area contributed by atoms with Gasteiger partial charge in [0.25, 0.3) is 0 Å². The molecule has 0 unspecified atom stereocenters. The first-order chi connectivity index (χ1) is 11.8. The molecule has 0 aromatic heterocycles. The first-order valence-electron chi connectivity index (χ1n) is 9.24. The predicted octanol–water partition coefficient (Wildman–Crippen LogP) is 6.77. The summed E-state index contributed by atoms with van der Waals surface area (Å²) in [6, 6.07) is 0. The van der Waals surface area contributed by atoms with Gasteiger partial charge in [0.15, 0.2) is 0 Å². The molecule has 1 N–H and O–H groups in total. The van der Waals surface area contributed by atoms with Gasteiger partial charge in [0.05, 0.1) is 0 Å². The number of hydrogen-bond donors (Lipinski definition) is 1. The van der Waals surface area contributed by atoms with Crippen LogP contribution in [0.1, 0.15) is 71.1 Å². The number of carbonyl (C=O) groups is 1. The second kappa shape index (κ2) is 19.2. The van der Waals surface area contributed by atoms with Gasteiger partial charge in [-0.25, -0.2) is 0 Å². The molecule has 0 aliphatic rings. The van der Waals surface area contributed by atoms with E-state index in [0.717, 1.165) is 51.4 Å². The molecule has 0 rings (SSSR count). The Morgan fingerprint density at radius 2 is 1.00 bits per heavy atom. The highest BCUT2D eigenvalue weighted by Crippen LogP contribution is 2.01. The SMILES string of the molecule is CC/C=C\CC/C=C\C/C=C\CC/C=C\CC/C=C\CCC(=O)O. The molecule has 0 spiro atoms. The fraction of sp³-hybridized carbons (Fsp3) is 0.500. The van der Waals surface area contributed by atoms with Crippen LogP contribution >= 0.6 is 0 Å². The number of aliphatic carboxylic acids is 1. The van der Waals surface area contributed by atoms with E-state index in [1.807, 2.05) is 6.08 Å². The molecule has 2 heteroatoms. The zero-order valence-electron chi connectivity index (χ0n) is 15.2. The lowest BCUT2D eigenvalue weighted by molar-refractivity contribution is -0.136. The maximum atomic E-state index is 10.3. The van der Waals surface area contributed by atoms with E-state index in [2.05, 4.69) is 61.6 Å². The third-order valence-corrected chi connectivity index (χ3v) is 3.37. The van der Waals surface area contributed by atoms with E-state index in [4.69, 9.17) is 5.11 Å². The lowest BCUT2D eigenvalue weighted by Crippen LogP contribution is -1.91. The van der Waals surface area contributed by atoms with Gasteiger partial charge in [0, 0.05) is 6.42 Å². The molecule has 24 heavy (non-hydrogen) atoms. The molecule has 0 aromatic carbocycles. The van der Waals surface area contributed by atoms with Crippen LogP contribution in [0.25, 0.3) is 0 Å². The van der Waals surface area contributed by atoms with E-state index in [1.165, 1.54) is 0 Å². The van der Waals surface area contributed by atoms with Gasteiger partial charge in [0.2, 0.25) is 0 Å². The van der Waals surface area contributed by atoms with E-state index in [9.17, 15) is 4.79 Å². The fourth-order valence-electron chi connectivity index (χ4n) is 2.05. The molecule has 0 atom stereocenters. The monoisotopic (exact) mass is 330 g/mol. The molecule has 2 nitrogen and oxygen atoms in total. The Bertz CT molecular complexity index is 425. The summed E-state index contributed by atoms with van der Waals surface area (Å²) in [6.07, 6.45) is 31.4. The van der Waals surface area contributed by atoms with Gasteiger partial charge in [-0.3, -0.25) is 4.79 Å². The molecular weight excluding hydrogens is 296 g/mol. The van der Waals surface area contributed by atoms with Crippen molar-refractivity contribution in [2.45, 2.75) is 71.1 Å². The summed E-state index contributed by atoms with van der Waals surface area (Å²) in [6.45, 7) is 2.16. The molecule has 0 radical (unpaired) electrons. The van der Waals surface area contributed by atoms with Crippen LogP contribution in [0, 0.1) is 0 Å². The van der Waals surface area contributed by atoms with E-state index >= 15 is 0 Å². The zero-order valence-corrected chi connectivity index (χ0v) is 15.2. The molecule has 0 heterocycles. The summed E-state index contributed by atoms with van der Waals surface area (Å²) in [4.78, 5) is 10.3. The molecule has 0 saturated heterocycles. The van der Waals surface area contributed by atoms with Crippen molar-refractivity contribution in [1.29, 1.82) is 0 Å². The lowest BCUT2D eigenvalue weighted by Gasteiger charge is -1.90. The zero-order chi connectivity index (χ0) is 17.7. The minimum Gasteiger partial charge on any atom is -0.481 e. The standard InChI is InChI=1S/C22H34O2/c1-2-3-4-5-6-7-8-9-10-11-12-13-14-15-16-17-18-19-20-21-22(23)24/h3-4,7-8,10-11,14-15,18-19H,2,5-6,9,12-13,16-17,20-21H2,1H3,(H,23,24)/b4-3-,8-7-,11-10-,15-14-,19-18-. The van der Waals surface area contributed by atoms with Gasteiger partial charge in [-0.1, -0.05) is 67.7 Å². The Morgan fingerprint density at radius 1 is 0.625 bits per heavy atom. The van der Waals surface area contributed by atoms with Crippen LogP contribution in [0.4, 0.5) is 0 Å². The quantitative estimate of drug-likeness (QED) is 0.265. The van der Waals surface area contributed by atoms with Gasteiger partial charge < -0.3 is 5.11 Å². The Labute approximate surface area is 148 Å². The first kappa shape index (κ1) is 22.2. The Balaban J connectivity index is 3.40. The summed E-state index contributed by atoms with van der Waals surface area (Å²) in [5.74, 6) is -0.729. The van der Waals surface area contributed by atoms with E-state index in [1.54, 1.807) is 0 Å². The van der Waals surface area contributed by atoms with Crippen molar-refractivity contribution in [2.24, 2.45) is 0 Å². The maximum Gasteiger partial charge on any atom is 0.303 e. The van der Waals surface area contributed by atoms with Crippen LogP contribution in [0.5, 0.6) is 0 Å². The fourth-order valence-corrected chi connectivity index (χ4v) is 2.05. The van der Waals surface area contributed by atoms with Crippen LogP contribution in [0.2, 0.25) is 0 Å². The molecule has 0 fully saturated rings. The Kier molecular flexibility index (Phi) is 17.8. The summed E-state index contributed by atoms with van der Waals surface area (Å²) in [5.41, 5.74) is 0. The van der Waals surface area contributed by atoms with Gasteiger partial charge in [0.1, 0.15) is 0 Å². The summed E-state index contributed by atoms with van der Waals surface area (Å²) in [5, 5.41) is 8.50. The average Bonchev–Trinajstić information content (AvgIpc) is 2.56. The van der Waals surface area contributed by atoms with Crippen LogP contribution in [-0.4, -0.2) is 11.1 Å². The van der Waals surface area contributed by atoms with E-state index in [0.29, 0.717) is 6.42 Å². The van der Waals surface area contributed by atoms with Crippen molar-refractivity contribution >= 4 is 5.97 Å². The van der Waals surface area contributed by atoms with Crippen molar-refractivity contribution in [3.8, 4) is 0 Å². The highest BCUT2D eigenvalue weighted by Gasteiger charge is 1.90. The average molecular weight is 331 g/mol. The van der Waals surface area contributed by atoms with Crippen molar-refractivity contribution in [3.63, 3.8) is 0 Å². The first-order valence-corrected chi connectivity index (χ1v) is 9.24. The van der Waals surface area contributed by atoms with Crippen molar-refractivity contribution in [2.75, 3.05) is 0 Å². The minimum atomic E-state index is -0.729. The Hall–Kier alpha value is -1.83. The molecule has 0 amide bonds. The number of hydrogen-bond acceptors (Lipinski definition) is 1. The summed E-state index contributed by atoms with van der Waals surface area (Å²) < 4.78 is 0. The lowest BCUT2D eigenvalue weighted by atomic mass is 10.2. The van der Waals surface area contributed by atoms with Crippen molar-refractivity contribution in [3.05, 3.63) is 60.8 Å². The number of unbranched alkanes of at least 4 members (excludes halogenated alkanes) is 3. The number of rotatable bonds is 15. The number of carboxylic acids is 1. The van der Waals surface area contributed by atoms with Crippen LogP contribution in [-0.2, 0) is 4.79 Å². The number of carboxylic acid groups (broad SMARTS) is 1. The van der Waals surface area contributed by atoms with Crippen molar-refractivity contribution < 1.29 is 9.90 Å². The normalized spacial score (nSPS) is 12.7. The summed E-state index contributed by atoms with van der Waals surface area (Å²) >= 11 is 0. The minimum absolute atomic E-state index is 0.226. The van der Waals surface area contributed by atoms with Crippen molar-refractivity contribution in [1.82, 2.24) is 0 Å². The van der Waals surface area contributed by atoms with E-state index < -0.39 is 5.97 Å². The highest BCUT2D eigenvalue weighted by molar-refractivity contribution is 5.66. The highest BCUT2D eigenvalue weighted by atomic mass is 16.4. The second-order valence-electron chi connectivity index (χ2n) is 5.67. The largest absolute Gasteiger partial charge is 0.481 e. The van der Waals surface area contributed by atoms with Gasteiger partial charge in [-0.05, 0) is 57.8 Å². The maximum absolute atomic E-state index is 10.3. The summed E-state index contributed by atoms with van der Waals surface area (Å²) in [7, 11) is 0. The number of allylic oxidation sites excluding steroid dienone is 10. The molecule has 0 saturated carbocycles. The third kappa shape index (κ3) is 20.2. The van der Waals surface area contributed by atoms with E-state index in [-0.39, 0.29) is 6.42 Å². The smallest absolute Gasteiger partial charge is 0.303 e.